The molecule has 3 nitrogen and oxygen atoms in total. The molecule has 2 aliphatic rings. The predicted octanol–water partition coefficient (Wildman–Crippen LogP) is 3.04. The van der Waals surface area contributed by atoms with E-state index in [0.29, 0.717) is 12.2 Å². The maximum absolute atomic E-state index is 5.42. The molecule has 1 fully saturated rings. The third-order valence-corrected chi connectivity index (χ3v) is 4.05. The van der Waals surface area contributed by atoms with Crippen molar-refractivity contribution in [3.05, 3.63) is 23.8 Å². The van der Waals surface area contributed by atoms with Gasteiger partial charge in [0.25, 0.3) is 0 Å². The van der Waals surface area contributed by atoms with E-state index in [1.165, 1.54) is 31.5 Å². The summed E-state index contributed by atoms with van der Waals surface area (Å²) >= 11 is 0. The number of piperidine rings is 1. The average Bonchev–Trinajstić information content (AvgIpc) is 2.79. The van der Waals surface area contributed by atoms with Crippen LogP contribution in [0.4, 0.5) is 0 Å². The number of hydrogen-bond donors (Lipinski definition) is 0. The van der Waals surface area contributed by atoms with Crippen molar-refractivity contribution in [1.82, 2.24) is 4.90 Å². The number of ether oxygens (including phenoxy) is 2. The molecule has 2 heterocycles. The summed E-state index contributed by atoms with van der Waals surface area (Å²) in [5.74, 6) is 1.77. The number of rotatable bonds is 2. The van der Waals surface area contributed by atoms with Gasteiger partial charge < -0.3 is 9.47 Å². The van der Waals surface area contributed by atoms with Crippen LogP contribution in [0, 0.1) is 5.41 Å². The summed E-state index contributed by atoms with van der Waals surface area (Å²) in [6.45, 7) is 8.50. The molecule has 0 spiro atoms. The van der Waals surface area contributed by atoms with Crippen LogP contribution in [0.15, 0.2) is 18.2 Å². The van der Waals surface area contributed by atoms with Crippen molar-refractivity contribution in [3.63, 3.8) is 0 Å². The first-order valence-corrected chi connectivity index (χ1v) is 6.73. The molecule has 0 radical (unpaired) electrons. The van der Waals surface area contributed by atoms with E-state index in [9.17, 15) is 0 Å². The monoisotopic (exact) mass is 247 g/mol. The second-order valence-corrected chi connectivity index (χ2v) is 6.13. The summed E-state index contributed by atoms with van der Waals surface area (Å²) in [4.78, 5) is 2.53. The maximum Gasteiger partial charge on any atom is 0.231 e. The molecule has 1 saturated heterocycles. The zero-order valence-corrected chi connectivity index (χ0v) is 11.2. The van der Waals surface area contributed by atoms with Crippen LogP contribution < -0.4 is 9.47 Å². The van der Waals surface area contributed by atoms with Gasteiger partial charge in [-0.15, -0.1) is 0 Å². The van der Waals surface area contributed by atoms with Crippen LogP contribution in [0.1, 0.15) is 32.3 Å². The Labute approximate surface area is 109 Å². The zero-order chi connectivity index (χ0) is 12.6. The van der Waals surface area contributed by atoms with E-state index in [4.69, 9.17) is 9.47 Å². The van der Waals surface area contributed by atoms with Crippen molar-refractivity contribution in [2.75, 3.05) is 19.9 Å². The molecule has 0 N–H and O–H groups in total. The fraction of sp³-hybridized carbons (Fsp3) is 0.600. The summed E-state index contributed by atoms with van der Waals surface area (Å²) < 4.78 is 10.8. The van der Waals surface area contributed by atoms with Gasteiger partial charge in [-0.1, -0.05) is 19.9 Å². The van der Waals surface area contributed by atoms with Gasteiger partial charge in [-0.3, -0.25) is 4.90 Å². The molecule has 1 aromatic carbocycles. The van der Waals surface area contributed by atoms with E-state index >= 15 is 0 Å². The summed E-state index contributed by atoms with van der Waals surface area (Å²) in [6.07, 6.45) is 2.58. The minimum Gasteiger partial charge on any atom is -0.454 e. The molecule has 18 heavy (non-hydrogen) atoms. The molecular weight excluding hydrogens is 226 g/mol. The van der Waals surface area contributed by atoms with Gasteiger partial charge in [0.2, 0.25) is 6.79 Å². The van der Waals surface area contributed by atoms with Crippen molar-refractivity contribution in [1.29, 1.82) is 0 Å². The molecule has 0 bridgehead atoms. The van der Waals surface area contributed by atoms with E-state index in [1.807, 2.05) is 6.07 Å². The molecular formula is C15H21NO2. The molecule has 1 aromatic rings. The van der Waals surface area contributed by atoms with Gasteiger partial charge in [-0.05, 0) is 49.0 Å². The quantitative estimate of drug-likeness (QED) is 0.801. The summed E-state index contributed by atoms with van der Waals surface area (Å²) in [7, 11) is 0. The lowest BCUT2D eigenvalue weighted by atomic mass is 9.82. The van der Waals surface area contributed by atoms with Gasteiger partial charge >= 0.3 is 0 Å². The Morgan fingerprint density at radius 3 is 2.61 bits per heavy atom. The highest BCUT2D eigenvalue weighted by Crippen LogP contribution is 2.34. The number of nitrogens with zero attached hydrogens (tertiary/aromatic N) is 1. The van der Waals surface area contributed by atoms with E-state index < -0.39 is 0 Å². The van der Waals surface area contributed by atoms with Crippen LogP contribution in [0.25, 0.3) is 0 Å². The Balaban J connectivity index is 1.63. The first-order valence-electron chi connectivity index (χ1n) is 6.73. The number of benzene rings is 1. The molecule has 0 saturated carbocycles. The number of fused-ring (bicyclic) bond motifs is 1. The van der Waals surface area contributed by atoms with Crippen molar-refractivity contribution in [3.8, 4) is 11.5 Å². The Kier molecular flexibility index (Phi) is 2.94. The fourth-order valence-electron chi connectivity index (χ4n) is 2.61. The summed E-state index contributed by atoms with van der Waals surface area (Å²) in [5, 5.41) is 0. The molecule has 0 atom stereocenters. The van der Waals surface area contributed by atoms with Crippen LogP contribution in [0.5, 0.6) is 11.5 Å². The van der Waals surface area contributed by atoms with Crippen LogP contribution in [-0.4, -0.2) is 24.8 Å². The Morgan fingerprint density at radius 1 is 1.11 bits per heavy atom. The highest BCUT2D eigenvalue weighted by molar-refractivity contribution is 5.44. The molecule has 0 aromatic heterocycles. The van der Waals surface area contributed by atoms with Crippen LogP contribution >= 0.6 is 0 Å². The van der Waals surface area contributed by atoms with E-state index in [2.05, 4.69) is 30.9 Å². The highest BCUT2D eigenvalue weighted by Gasteiger charge is 2.25. The van der Waals surface area contributed by atoms with E-state index in [0.717, 1.165) is 18.0 Å². The van der Waals surface area contributed by atoms with Gasteiger partial charge in [-0.2, -0.15) is 0 Å². The number of likely N-dealkylation sites (tertiary alicyclic amines) is 1. The lowest BCUT2D eigenvalue weighted by Gasteiger charge is -2.36. The molecule has 2 aliphatic heterocycles. The molecule has 0 aliphatic carbocycles. The first kappa shape index (κ1) is 11.8. The molecule has 0 unspecified atom stereocenters. The van der Waals surface area contributed by atoms with Crippen molar-refractivity contribution < 1.29 is 9.47 Å². The topological polar surface area (TPSA) is 21.7 Å². The second-order valence-electron chi connectivity index (χ2n) is 6.13. The third-order valence-electron chi connectivity index (χ3n) is 4.05. The molecule has 3 rings (SSSR count). The lowest BCUT2D eigenvalue weighted by molar-refractivity contribution is 0.127. The van der Waals surface area contributed by atoms with E-state index in [1.54, 1.807) is 0 Å². The van der Waals surface area contributed by atoms with Crippen LogP contribution in [0.2, 0.25) is 0 Å². The van der Waals surface area contributed by atoms with E-state index in [-0.39, 0.29) is 0 Å². The Bertz CT molecular complexity index is 432. The Morgan fingerprint density at radius 2 is 1.83 bits per heavy atom. The molecule has 0 amide bonds. The van der Waals surface area contributed by atoms with Gasteiger partial charge in [-0.25, -0.2) is 0 Å². The smallest absolute Gasteiger partial charge is 0.231 e. The minimum absolute atomic E-state index is 0.358. The van der Waals surface area contributed by atoms with Crippen molar-refractivity contribution in [2.45, 2.75) is 33.2 Å². The normalized spacial score (nSPS) is 22.1. The SMILES string of the molecule is CC1(C)CCN(Cc2ccc3c(c2)OCO3)CC1. The minimum atomic E-state index is 0.358. The second kappa shape index (κ2) is 4.47. The van der Waals surface area contributed by atoms with Gasteiger partial charge in [0, 0.05) is 6.54 Å². The Hall–Kier alpha value is -1.22. The summed E-state index contributed by atoms with van der Waals surface area (Å²) in [5.41, 5.74) is 1.84. The average molecular weight is 247 g/mol. The predicted molar refractivity (Wildman–Crippen MR) is 70.9 cm³/mol. The summed E-state index contributed by atoms with van der Waals surface area (Å²) in [6, 6.07) is 6.28. The van der Waals surface area contributed by atoms with Gasteiger partial charge in [0.15, 0.2) is 11.5 Å². The van der Waals surface area contributed by atoms with Gasteiger partial charge in [0.05, 0.1) is 0 Å². The van der Waals surface area contributed by atoms with Crippen LogP contribution in [-0.2, 0) is 6.54 Å². The van der Waals surface area contributed by atoms with Crippen molar-refractivity contribution >= 4 is 0 Å². The maximum atomic E-state index is 5.42. The zero-order valence-electron chi connectivity index (χ0n) is 11.2. The molecule has 3 heteroatoms. The third kappa shape index (κ3) is 2.46. The largest absolute Gasteiger partial charge is 0.454 e. The lowest BCUT2D eigenvalue weighted by Crippen LogP contribution is -2.36. The molecule has 98 valence electrons. The standard InChI is InChI=1S/C15H21NO2/c1-15(2)5-7-16(8-6-15)10-12-3-4-13-14(9-12)18-11-17-13/h3-4,9H,5-8,10-11H2,1-2H3. The fourth-order valence-corrected chi connectivity index (χ4v) is 2.61. The number of hydrogen-bond acceptors (Lipinski definition) is 3. The highest BCUT2D eigenvalue weighted by atomic mass is 16.7. The van der Waals surface area contributed by atoms with Crippen LogP contribution in [0.3, 0.4) is 0 Å². The van der Waals surface area contributed by atoms with Crippen molar-refractivity contribution in [2.24, 2.45) is 5.41 Å². The first-order chi connectivity index (χ1) is 8.62. The van der Waals surface area contributed by atoms with Gasteiger partial charge in [0.1, 0.15) is 0 Å².